The number of fused-ring (bicyclic) bond motifs is 1. The molecule has 4 rings (SSSR count). The summed E-state index contributed by atoms with van der Waals surface area (Å²) in [5.41, 5.74) is 2.19. The fraction of sp³-hybridized carbons (Fsp3) is 0.381. The summed E-state index contributed by atoms with van der Waals surface area (Å²) in [6.45, 7) is 2.06. The second kappa shape index (κ2) is 7.68. The summed E-state index contributed by atoms with van der Waals surface area (Å²) in [7, 11) is 0. The van der Waals surface area contributed by atoms with E-state index in [1.54, 1.807) is 6.07 Å². The molecule has 136 valence electrons. The normalized spacial score (nSPS) is 19.9. The lowest BCUT2D eigenvalue weighted by atomic mass is 10.1. The number of halogens is 1. The van der Waals surface area contributed by atoms with Crippen LogP contribution in [0.15, 0.2) is 48.5 Å². The summed E-state index contributed by atoms with van der Waals surface area (Å²) in [5, 5.41) is 0.678. The molecule has 0 bridgehead atoms. The van der Waals surface area contributed by atoms with Gasteiger partial charge >= 0.3 is 0 Å². The maximum Gasteiger partial charge on any atom is 0.263 e. The van der Waals surface area contributed by atoms with E-state index < -0.39 is 6.10 Å². The molecule has 0 aliphatic carbocycles. The molecule has 1 saturated heterocycles. The van der Waals surface area contributed by atoms with Gasteiger partial charge in [0.1, 0.15) is 5.75 Å². The highest BCUT2D eigenvalue weighted by Crippen LogP contribution is 2.32. The number of piperidine rings is 1. The molecule has 2 aromatic carbocycles. The Morgan fingerprint density at radius 3 is 2.69 bits per heavy atom. The first-order chi connectivity index (χ1) is 12.7. The molecule has 1 atom stereocenters. The van der Waals surface area contributed by atoms with Crippen LogP contribution in [0.1, 0.15) is 24.0 Å². The minimum absolute atomic E-state index is 0.0684. The van der Waals surface area contributed by atoms with Crippen LogP contribution in [-0.2, 0) is 22.6 Å². The number of benzene rings is 2. The van der Waals surface area contributed by atoms with Gasteiger partial charge in [0.2, 0.25) is 0 Å². The maximum absolute atomic E-state index is 12.8. The number of nitrogens with zero attached hydrogens (tertiary/aromatic N) is 1. The van der Waals surface area contributed by atoms with Gasteiger partial charge in [-0.2, -0.15) is 0 Å². The van der Waals surface area contributed by atoms with E-state index in [1.165, 1.54) is 5.56 Å². The van der Waals surface area contributed by atoms with Gasteiger partial charge in [0, 0.05) is 24.5 Å². The van der Waals surface area contributed by atoms with Crippen molar-refractivity contribution in [1.29, 1.82) is 0 Å². The summed E-state index contributed by atoms with van der Waals surface area (Å²) >= 11 is 6.02. The Labute approximate surface area is 158 Å². The van der Waals surface area contributed by atoms with Crippen LogP contribution in [0.25, 0.3) is 0 Å². The first-order valence-electron chi connectivity index (χ1n) is 9.08. The highest BCUT2D eigenvalue weighted by Gasteiger charge is 2.34. The highest BCUT2D eigenvalue weighted by molar-refractivity contribution is 6.30. The Bertz CT molecular complexity index is 772. The SMILES string of the molecule is O=C(C1Cc2cc(Cl)ccc2O1)N1CCC(OCc2ccccc2)CC1. The smallest absolute Gasteiger partial charge is 0.263 e. The van der Waals surface area contributed by atoms with E-state index in [0.717, 1.165) is 37.2 Å². The van der Waals surface area contributed by atoms with Gasteiger partial charge in [-0.3, -0.25) is 4.79 Å². The van der Waals surface area contributed by atoms with Gasteiger partial charge in [0.15, 0.2) is 6.10 Å². The quantitative estimate of drug-likeness (QED) is 0.819. The Hall–Kier alpha value is -2.04. The van der Waals surface area contributed by atoms with Gasteiger partial charge in [-0.25, -0.2) is 0 Å². The van der Waals surface area contributed by atoms with Gasteiger partial charge in [-0.1, -0.05) is 41.9 Å². The van der Waals surface area contributed by atoms with Crippen molar-refractivity contribution in [3.63, 3.8) is 0 Å². The van der Waals surface area contributed by atoms with E-state index in [0.29, 0.717) is 18.1 Å². The fourth-order valence-corrected chi connectivity index (χ4v) is 3.78. The van der Waals surface area contributed by atoms with E-state index in [-0.39, 0.29) is 12.0 Å². The third-order valence-electron chi connectivity index (χ3n) is 5.05. The molecule has 1 amide bonds. The number of hydrogen-bond acceptors (Lipinski definition) is 3. The van der Waals surface area contributed by atoms with Crippen molar-refractivity contribution >= 4 is 17.5 Å². The molecule has 2 aromatic rings. The van der Waals surface area contributed by atoms with E-state index in [2.05, 4.69) is 12.1 Å². The molecule has 0 aromatic heterocycles. The third kappa shape index (κ3) is 3.87. The van der Waals surface area contributed by atoms with Crippen molar-refractivity contribution in [3.8, 4) is 5.75 Å². The second-order valence-corrected chi connectivity index (χ2v) is 7.32. The number of carbonyl (C=O) groups excluding carboxylic acids is 1. The van der Waals surface area contributed by atoms with Gasteiger partial charge in [-0.05, 0) is 42.2 Å². The van der Waals surface area contributed by atoms with Crippen LogP contribution in [0, 0.1) is 0 Å². The summed E-state index contributed by atoms with van der Waals surface area (Å²) in [4.78, 5) is 14.7. The van der Waals surface area contributed by atoms with E-state index in [9.17, 15) is 4.79 Å². The molecule has 1 unspecified atom stereocenters. The lowest BCUT2D eigenvalue weighted by Crippen LogP contribution is -2.46. The minimum atomic E-state index is -0.426. The monoisotopic (exact) mass is 371 g/mol. The molecular weight excluding hydrogens is 350 g/mol. The zero-order chi connectivity index (χ0) is 17.9. The predicted molar refractivity (Wildman–Crippen MR) is 100 cm³/mol. The lowest BCUT2D eigenvalue weighted by molar-refractivity contribution is -0.140. The number of hydrogen-bond donors (Lipinski definition) is 0. The van der Waals surface area contributed by atoms with E-state index in [1.807, 2.05) is 35.2 Å². The average molecular weight is 372 g/mol. The standard InChI is InChI=1S/C21H22ClNO3/c22-17-6-7-19-16(12-17)13-20(26-19)21(24)23-10-8-18(9-11-23)25-14-15-4-2-1-3-5-15/h1-7,12,18,20H,8-11,13-14H2. The van der Waals surface area contributed by atoms with E-state index in [4.69, 9.17) is 21.1 Å². The Morgan fingerprint density at radius 2 is 1.92 bits per heavy atom. The Kier molecular flexibility index (Phi) is 5.14. The summed E-state index contributed by atoms with van der Waals surface area (Å²) in [6.07, 6.45) is 2.11. The topological polar surface area (TPSA) is 38.8 Å². The molecule has 1 fully saturated rings. The third-order valence-corrected chi connectivity index (χ3v) is 5.29. The van der Waals surface area contributed by atoms with Crippen molar-refractivity contribution in [2.75, 3.05) is 13.1 Å². The predicted octanol–water partition coefficient (Wildman–Crippen LogP) is 3.85. The molecule has 0 spiro atoms. The van der Waals surface area contributed by atoms with Crippen LogP contribution >= 0.6 is 11.6 Å². The van der Waals surface area contributed by atoms with Gasteiger partial charge in [0.05, 0.1) is 12.7 Å². The zero-order valence-electron chi connectivity index (χ0n) is 14.6. The van der Waals surface area contributed by atoms with Crippen molar-refractivity contribution < 1.29 is 14.3 Å². The molecule has 0 radical (unpaired) electrons. The van der Waals surface area contributed by atoms with Crippen LogP contribution in [0.2, 0.25) is 5.02 Å². The van der Waals surface area contributed by atoms with Crippen molar-refractivity contribution in [2.24, 2.45) is 0 Å². The lowest BCUT2D eigenvalue weighted by Gasteiger charge is -2.33. The van der Waals surface area contributed by atoms with Crippen LogP contribution in [-0.4, -0.2) is 36.1 Å². The molecule has 4 nitrogen and oxygen atoms in total. The highest BCUT2D eigenvalue weighted by atomic mass is 35.5. The molecular formula is C21H22ClNO3. The molecule has 5 heteroatoms. The van der Waals surface area contributed by atoms with Crippen LogP contribution in [0.5, 0.6) is 5.75 Å². The van der Waals surface area contributed by atoms with Crippen LogP contribution in [0.4, 0.5) is 0 Å². The summed E-state index contributed by atoms with van der Waals surface area (Å²) in [5.74, 6) is 0.840. The summed E-state index contributed by atoms with van der Waals surface area (Å²) in [6, 6.07) is 15.7. The average Bonchev–Trinajstić information content (AvgIpc) is 3.10. The Balaban J connectivity index is 1.26. The number of amides is 1. The Morgan fingerprint density at radius 1 is 1.15 bits per heavy atom. The van der Waals surface area contributed by atoms with Gasteiger partial charge in [-0.15, -0.1) is 0 Å². The maximum atomic E-state index is 12.8. The molecule has 2 aliphatic rings. The van der Waals surface area contributed by atoms with Crippen LogP contribution in [0.3, 0.4) is 0 Å². The largest absolute Gasteiger partial charge is 0.480 e. The molecule has 26 heavy (non-hydrogen) atoms. The van der Waals surface area contributed by atoms with Gasteiger partial charge < -0.3 is 14.4 Å². The van der Waals surface area contributed by atoms with Gasteiger partial charge in [0.25, 0.3) is 5.91 Å². The van der Waals surface area contributed by atoms with Crippen LogP contribution < -0.4 is 4.74 Å². The fourth-order valence-electron chi connectivity index (χ4n) is 3.59. The second-order valence-electron chi connectivity index (χ2n) is 6.88. The molecule has 2 aliphatic heterocycles. The number of likely N-dealkylation sites (tertiary alicyclic amines) is 1. The first kappa shape index (κ1) is 17.4. The van der Waals surface area contributed by atoms with Crippen molar-refractivity contribution in [1.82, 2.24) is 4.90 Å². The number of ether oxygens (including phenoxy) is 2. The number of rotatable bonds is 4. The number of carbonyl (C=O) groups is 1. The summed E-state index contributed by atoms with van der Waals surface area (Å²) < 4.78 is 11.8. The van der Waals surface area contributed by atoms with E-state index >= 15 is 0 Å². The molecule has 2 heterocycles. The molecule has 0 N–H and O–H groups in total. The zero-order valence-corrected chi connectivity index (χ0v) is 15.3. The first-order valence-corrected chi connectivity index (χ1v) is 9.46. The molecule has 0 saturated carbocycles. The minimum Gasteiger partial charge on any atom is -0.480 e. The van der Waals surface area contributed by atoms with Crippen molar-refractivity contribution in [3.05, 3.63) is 64.7 Å². The van der Waals surface area contributed by atoms with Crippen molar-refractivity contribution in [2.45, 2.75) is 38.1 Å².